The molecular formula is C15H20N2O3. The second-order valence-corrected chi connectivity index (χ2v) is 4.92. The van der Waals surface area contributed by atoms with E-state index in [2.05, 4.69) is 0 Å². The van der Waals surface area contributed by atoms with Crippen molar-refractivity contribution in [3.05, 3.63) is 35.4 Å². The zero-order valence-corrected chi connectivity index (χ0v) is 12.0. The summed E-state index contributed by atoms with van der Waals surface area (Å²) < 4.78 is 4.73. The molecule has 5 nitrogen and oxygen atoms in total. The summed E-state index contributed by atoms with van der Waals surface area (Å²) in [5.74, 6) is 0.0369. The molecule has 0 atom stereocenters. The number of hydrogen-bond donors (Lipinski definition) is 0. The highest BCUT2D eigenvalue weighted by Crippen LogP contribution is 2.13. The molecule has 1 aromatic rings. The SMILES string of the molecule is COC(=O)N1CCCN(C(=O)c2ccccc2C)CC1. The van der Waals surface area contributed by atoms with E-state index in [0.717, 1.165) is 17.5 Å². The number of rotatable bonds is 1. The monoisotopic (exact) mass is 276 g/mol. The number of nitrogens with zero attached hydrogens (tertiary/aromatic N) is 2. The van der Waals surface area contributed by atoms with Crippen LogP contribution in [-0.2, 0) is 4.74 Å². The number of aryl methyl sites for hydroxylation is 1. The number of benzene rings is 1. The molecule has 0 aromatic heterocycles. The van der Waals surface area contributed by atoms with Gasteiger partial charge >= 0.3 is 6.09 Å². The second-order valence-electron chi connectivity index (χ2n) is 4.92. The van der Waals surface area contributed by atoms with Crippen molar-refractivity contribution in [1.82, 2.24) is 9.80 Å². The predicted octanol–water partition coefficient (Wildman–Crippen LogP) is 1.91. The Kier molecular flexibility index (Phi) is 4.61. The summed E-state index contributed by atoms with van der Waals surface area (Å²) in [6.07, 6.45) is 0.447. The van der Waals surface area contributed by atoms with Crippen LogP contribution in [-0.4, -0.2) is 55.1 Å². The molecule has 0 saturated carbocycles. The molecule has 1 aliphatic heterocycles. The standard InChI is InChI=1S/C15H20N2O3/c1-12-6-3-4-7-13(12)14(18)16-8-5-9-17(11-10-16)15(19)20-2/h3-4,6-7H,5,8-11H2,1-2H3. The molecule has 0 radical (unpaired) electrons. The summed E-state index contributed by atoms with van der Waals surface area (Å²) >= 11 is 0. The van der Waals surface area contributed by atoms with Gasteiger partial charge in [0.2, 0.25) is 0 Å². The van der Waals surface area contributed by atoms with E-state index in [9.17, 15) is 9.59 Å². The first-order chi connectivity index (χ1) is 9.63. The van der Waals surface area contributed by atoms with E-state index < -0.39 is 0 Å². The lowest BCUT2D eigenvalue weighted by Crippen LogP contribution is -2.37. The smallest absolute Gasteiger partial charge is 0.409 e. The molecule has 1 fully saturated rings. The minimum atomic E-state index is -0.324. The Hall–Kier alpha value is -2.04. The van der Waals surface area contributed by atoms with Crippen LogP contribution in [0.1, 0.15) is 22.3 Å². The molecule has 1 heterocycles. The van der Waals surface area contributed by atoms with Crippen molar-refractivity contribution in [3.8, 4) is 0 Å². The third kappa shape index (κ3) is 3.10. The van der Waals surface area contributed by atoms with Crippen molar-refractivity contribution in [3.63, 3.8) is 0 Å². The lowest BCUT2D eigenvalue weighted by Gasteiger charge is -2.22. The van der Waals surface area contributed by atoms with Crippen LogP contribution in [0.25, 0.3) is 0 Å². The molecule has 0 spiro atoms. The van der Waals surface area contributed by atoms with Crippen molar-refractivity contribution in [2.75, 3.05) is 33.3 Å². The molecule has 0 bridgehead atoms. The maximum atomic E-state index is 12.5. The van der Waals surface area contributed by atoms with E-state index in [0.29, 0.717) is 26.2 Å². The Morgan fingerprint density at radius 3 is 2.40 bits per heavy atom. The average molecular weight is 276 g/mol. The van der Waals surface area contributed by atoms with Crippen LogP contribution in [0.3, 0.4) is 0 Å². The van der Waals surface area contributed by atoms with Gasteiger partial charge in [0.25, 0.3) is 5.91 Å². The van der Waals surface area contributed by atoms with Gasteiger partial charge in [-0.3, -0.25) is 4.79 Å². The second kappa shape index (κ2) is 6.41. The Morgan fingerprint density at radius 1 is 1.05 bits per heavy atom. The maximum absolute atomic E-state index is 12.5. The highest BCUT2D eigenvalue weighted by atomic mass is 16.5. The molecule has 1 aliphatic rings. The number of methoxy groups -OCH3 is 1. The van der Waals surface area contributed by atoms with E-state index in [1.54, 1.807) is 4.90 Å². The molecule has 0 aliphatic carbocycles. The zero-order valence-electron chi connectivity index (χ0n) is 12.0. The highest BCUT2D eigenvalue weighted by molar-refractivity contribution is 5.95. The summed E-state index contributed by atoms with van der Waals surface area (Å²) in [4.78, 5) is 27.5. The Morgan fingerprint density at radius 2 is 1.70 bits per heavy atom. The lowest BCUT2D eigenvalue weighted by atomic mass is 10.1. The van der Waals surface area contributed by atoms with Gasteiger partial charge < -0.3 is 14.5 Å². The lowest BCUT2D eigenvalue weighted by molar-refractivity contribution is 0.0756. The van der Waals surface area contributed by atoms with Crippen molar-refractivity contribution in [2.24, 2.45) is 0 Å². The molecule has 0 unspecified atom stereocenters. The first-order valence-corrected chi connectivity index (χ1v) is 6.81. The summed E-state index contributed by atoms with van der Waals surface area (Å²) in [7, 11) is 1.38. The van der Waals surface area contributed by atoms with Crippen molar-refractivity contribution >= 4 is 12.0 Å². The van der Waals surface area contributed by atoms with Gasteiger partial charge in [-0.05, 0) is 25.0 Å². The topological polar surface area (TPSA) is 49.9 Å². The first kappa shape index (κ1) is 14.4. The van der Waals surface area contributed by atoms with E-state index in [4.69, 9.17) is 4.74 Å². The van der Waals surface area contributed by atoms with Gasteiger partial charge in [0.05, 0.1) is 7.11 Å². The molecule has 20 heavy (non-hydrogen) atoms. The van der Waals surface area contributed by atoms with E-state index in [-0.39, 0.29) is 12.0 Å². The fourth-order valence-corrected chi connectivity index (χ4v) is 2.42. The Balaban J connectivity index is 2.05. The minimum absolute atomic E-state index is 0.0369. The number of amides is 2. The van der Waals surface area contributed by atoms with Crippen LogP contribution in [0.15, 0.2) is 24.3 Å². The molecule has 0 N–H and O–H groups in total. The summed E-state index contributed by atoms with van der Waals surface area (Å²) in [5.41, 5.74) is 1.71. The van der Waals surface area contributed by atoms with Gasteiger partial charge in [-0.15, -0.1) is 0 Å². The van der Waals surface area contributed by atoms with Gasteiger partial charge in [-0.1, -0.05) is 18.2 Å². The number of hydrogen-bond acceptors (Lipinski definition) is 3. The number of carbonyl (C=O) groups excluding carboxylic acids is 2. The van der Waals surface area contributed by atoms with Gasteiger partial charge in [-0.25, -0.2) is 4.79 Å². The van der Waals surface area contributed by atoms with Crippen LogP contribution in [0.4, 0.5) is 4.79 Å². The average Bonchev–Trinajstić information content (AvgIpc) is 2.72. The Labute approximate surface area is 119 Å². The molecule has 108 valence electrons. The molecular weight excluding hydrogens is 256 g/mol. The maximum Gasteiger partial charge on any atom is 0.409 e. The Bertz CT molecular complexity index is 502. The largest absolute Gasteiger partial charge is 0.453 e. The van der Waals surface area contributed by atoms with Crippen LogP contribution >= 0.6 is 0 Å². The third-order valence-corrected chi connectivity index (χ3v) is 3.59. The molecule has 2 amide bonds. The van der Waals surface area contributed by atoms with Gasteiger partial charge in [0.1, 0.15) is 0 Å². The van der Waals surface area contributed by atoms with Gasteiger partial charge in [0, 0.05) is 31.7 Å². The van der Waals surface area contributed by atoms with Crippen molar-refractivity contribution < 1.29 is 14.3 Å². The van der Waals surface area contributed by atoms with Gasteiger partial charge in [-0.2, -0.15) is 0 Å². The third-order valence-electron chi connectivity index (χ3n) is 3.59. The van der Waals surface area contributed by atoms with Crippen molar-refractivity contribution in [2.45, 2.75) is 13.3 Å². The highest BCUT2D eigenvalue weighted by Gasteiger charge is 2.23. The number of carbonyl (C=O) groups is 2. The number of ether oxygens (including phenoxy) is 1. The quantitative estimate of drug-likeness (QED) is 0.787. The molecule has 1 saturated heterocycles. The van der Waals surface area contributed by atoms with Crippen molar-refractivity contribution in [1.29, 1.82) is 0 Å². The zero-order chi connectivity index (χ0) is 14.5. The van der Waals surface area contributed by atoms with Crippen LogP contribution in [0, 0.1) is 6.92 Å². The summed E-state index contributed by atoms with van der Waals surface area (Å²) in [6, 6.07) is 7.58. The van der Waals surface area contributed by atoms with E-state index >= 15 is 0 Å². The minimum Gasteiger partial charge on any atom is -0.453 e. The van der Waals surface area contributed by atoms with E-state index in [1.807, 2.05) is 36.1 Å². The first-order valence-electron chi connectivity index (χ1n) is 6.81. The van der Waals surface area contributed by atoms with Crippen LogP contribution in [0.2, 0.25) is 0 Å². The normalized spacial score (nSPS) is 15.7. The predicted molar refractivity (Wildman–Crippen MR) is 75.7 cm³/mol. The van der Waals surface area contributed by atoms with Crippen LogP contribution in [0.5, 0.6) is 0 Å². The molecule has 1 aromatic carbocycles. The summed E-state index contributed by atoms with van der Waals surface area (Å²) in [5, 5.41) is 0. The molecule has 2 rings (SSSR count). The summed E-state index contributed by atoms with van der Waals surface area (Å²) in [6.45, 7) is 4.29. The fourth-order valence-electron chi connectivity index (χ4n) is 2.42. The fraction of sp³-hybridized carbons (Fsp3) is 0.467. The van der Waals surface area contributed by atoms with E-state index in [1.165, 1.54) is 7.11 Å². The van der Waals surface area contributed by atoms with Crippen LogP contribution < -0.4 is 0 Å². The molecule has 5 heteroatoms. The van der Waals surface area contributed by atoms with Gasteiger partial charge in [0.15, 0.2) is 0 Å².